The van der Waals surface area contributed by atoms with Gasteiger partial charge >= 0.3 is 0 Å². The summed E-state index contributed by atoms with van der Waals surface area (Å²) >= 11 is 11.8. The summed E-state index contributed by atoms with van der Waals surface area (Å²) in [5.41, 5.74) is 2.01. The molecule has 168 valence electrons. The summed E-state index contributed by atoms with van der Waals surface area (Å²) in [5, 5.41) is 3.70. The van der Waals surface area contributed by atoms with Gasteiger partial charge in [-0.25, -0.2) is 13.4 Å². The largest absolute Gasteiger partial charge is 0.378 e. The fourth-order valence-corrected chi connectivity index (χ4v) is 4.60. The van der Waals surface area contributed by atoms with Crippen molar-refractivity contribution in [3.8, 4) is 0 Å². The lowest BCUT2D eigenvalue weighted by Crippen LogP contribution is -2.37. The number of hydrogen-bond donors (Lipinski definition) is 2. The third-order valence-corrected chi connectivity index (χ3v) is 6.87. The number of ether oxygens (including phenoxy) is 1. The van der Waals surface area contributed by atoms with E-state index in [1.165, 1.54) is 18.2 Å². The number of anilines is 4. The Hall–Kier alpha value is -2.59. The third-order valence-electron chi connectivity index (χ3n) is 4.75. The van der Waals surface area contributed by atoms with Crippen molar-refractivity contribution < 1.29 is 13.2 Å². The Bertz CT molecular complexity index is 1220. The van der Waals surface area contributed by atoms with Gasteiger partial charge in [-0.3, -0.25) is 4.72 Å². The standard InChI is InChI=1S/C21H21Cl2N5O3S/c1-14-12-20(26-21(24-14)28-8-10-31-11-9-28)25-15-2-4-16(5-3-15)27-32(29,30)17-6-7-18(22)19(23)13-17/h2-7,12-13,27H,8-11H2,1H3,(H,24,25,26). The molecule has 1 aliphatic heterocycles. The number of nitrogens with one attached hydrogen (secondary N) is 2. The van der Waals surface area contributed by atoms with Gasteiger partial charge in [-0.15, -0.1) is 0 Å². The second-order valence-corrected chi connectivity index (χ2v) is 9.67. The summed E-state index contributed by atoms with van der Waals surface area (Å²) in [6.07, 6.45) is 0. The Morgan fingerprint density at radius 1 is 0.938 bits per heavy atom. The monoisotopic (exact) mass is 493 g/mol. The normalized spacial score (nSPS) is 14.3. The van der Waals surface area contributed by atoms with Gasteiger partial charge in [0.2, 0.25) is 5.95 Å². The Morgan fingerprint density at radius 3 is 2.31 bits per heavy atom. The third kappa shape index (κ3) is 5.42. The number of nitrogens with zero attached hydrogens (tertiary/aromatic N) is 3. The summed E-state index contributed by atoms with van der Waals surface area (Å²) in [4.78, 5) is 11.2. The smallest absolute Gasteiger partial charge is 0.261 e. The van der Waals surface area contributed by atoms with Gasteiger partial charge in [0.25, 0.3) is 10.0 Å². The molecule has 4 rings (SSSR count). The summed E-state index contributed by atoms with van der Waals surface area (Å²) in [6.45, 7) is 4.71. The van der Waals surface area contributed by atoms with Crippen LogP contribution < -0.4 is 14.9 Å². The fourth-order valence-electron chi connectivity index (χ4n) is 3.15. The SMILES string of the molecule is Cc1cc(Nc2ccc(NS(=O)(=O)c3ccc(Cl)c(Cl)c3)cc2)nc(N2CCOCC2)n1. The zero-order valence-electron chi connectivity index (χ0n) is 17.2. The van der Waals surface area contributed by atoms with Crippen molar-refractivity contribution in [1.29, 1.82) is 0 Å². The first-order valence-electron chi connectivity index (χ1n) is 9.83. The maximum absolute atomic E-state index is 12.6. The summed E-state index contributed by atoms with van der Waals surface area (Å²) in [5.74, 6) is 1.31. The highest BCUT2D eigenvalue weighted by molar-refractivity contribution is 7.92. The number of sulfonamides is 1. The van der Waals surface area contributed by atoms with Gasteiger partial charge < -0.3 is 15.0 Å². The van der Waals surface area contributed by atoms with Gasteiger partial charge in [0, 0.05) is 36.2 Å². The molecule has 1 aromatic heterocycles. The molecule has 11 heteroatoms. The Balaban J connectivity index is 1.47. The number of rotatable bonds is 6. The maximum Gasteiger partial charge on any atom is 0.261 e. The second kappa shape index (κ2) is 9.50. The number of halogens is 2. The van der Waals surface area contributed by atoms with Gasteiger partial charge in [0.15, 0.2) is 0 Å². The van der Waals surface area contributed by atoms with E-state index in [9.17, 15) is 8.42 Å². The van der Waals surface area contributed by atoms with Crippen molar-refractivity contribution in [2.24, 2.45) is 0 Å². The molecular weight excluding hydrogens is 473 g/mol. The Morgan fingerprint density at radius 2 is 1.62 bits per heavy atom. The summed E-state index contributed by atoms with van der Waals surface area (Å²) < 4.78 is 33.1. The van der Waals surface area contributed by atoms with E-state index >= 15 is 0 Å². The van der Waals surface area contributed by atoms with Crippen LogP contribution >= 0.6 is 23.2 Å². The number of hydrogen-bond acceptors (Lipinski definition) is 7. The lowest BCUT2D eigenvalue weighted by atomic mass is 10.3. The van der Waals surface area contributed by atoms with E-state index in [0.717, 1.165) is 24.5 Å². The molecule has 0 amide bonds. The molecular formula is C21H21Cl2N5O3S. The van der Waals surface area contributed by atoms with Crippen LogP contribution in [0.4, 0.5) is 23.1 Å². The van der Waals surface area contributed by atoms with Gasteiger partial charge in [-0.2, -0.15) is 4.98 Å². The fraction of sp³-hybridized carbons (Fsp3) is 0.238. The lowest BCUT2D eigenvalue weighted by Gasteiger charge is -2.27. The predicted octanol–water partition coefficient (Wildman–Crippen LogP) is 4.47. The van der Waals surface area contributed by atoms with E-state index in [2.05, 4.69) is 24.9 Å². The van der Waals surface area contributed by atoms with E-state index in [1.807, 2.05) is 13.0 Å². The van der Waals surface area contributed by atoms with Crippen molar-refractivity contribution >= 4 is 56.4 Å². The van der Waals surface area contributed by atoms with E-state index in [-0.39, 0.29) is 14.9 Å². The van der Waals surface area contributed by atoms with Crippen LogP contribution in [0.2, 0.25) is 10.0 Å². The Kier molecular flexibility index (Phi) is 6.71. The van der Waals surface area contributed by atoms with Crippen LogP contribution in [-0.2, 0) is 14.8 Å². The second-order valence-electron chi connectivity index (χ2n) is 7.18. The molecule has 32 heavy (non-hydrogen) atoms. The molecule has 1 aliphatic rings. The maximum atomic E-state index is 12.6. The van der Waals surface area contributed by atoms with Crippen molar-refractivity contribution in [2.75, 3.05) is 41.2 Å². The predicted molar refractivity (Wildman–Crippen MR) is 127 cm³/mol. The van der Waals surface area contributed by atoms with Crippen LogP contribution in [0, 0.1) is 6.92 Å². The molecule has 0 radical (unpaired) electrons. The van der Waals surface area contributed by atoms with Crippen LogP contribution in [0.1, 0.15) is 5.69 Å². The molecule has 2 aromatic carbocycles. The summed E-state index contributed by atoms with van der Waals surface area (Å²) in [7, 11) is -3.80. The van der Waals surface area contributed by atoms with Crippen molar-refractivity contribution in [2.45, 2.75) is 11.8 Å². The molecule has 0 aliphatic carbocycles. The van der Waals surface area contributed by atoms with Gasteiger partial charge in [-0.1, -0.05) is 23.2 Å². The van der Waals surface area contributed by atoms with Gasteiger partial charge in [-0.05, 0) is 49.4 Å². The first-order chi connectivity index (χ1) is 15.3. The molecule has 2 heterocycles. The van der Waals surface area contributed by atoms with E-state index in [4.69, 9.17) is 27.9 Å². The van der Waals surface area contributed by atoms with E-state index in [0.29, 0.717) is 30.7 Å². The first kappa shape index (κ1) is 22.6. The number of aromatic nitrogens is 2. The molecule has 0 unspecified atom stereocenters. The van der Waals surface area contributed by atoms with Crippen molar-refractivity contribution in [3.05, 3.63) is 64.3 Å². The minimum Gasteiger partial charge on any atom is -0.378 e. The lowest BCUT2D eigenvalue weighted by molar-refractivity contribution is 0.122. The van der Waals surface area contributed by atoms with E-state index < -0.39 is 10.0 Å². The number of aryl methyl sites for hydroxylation is 1. The number of morpholine rings is 1. The molecule has 3 aromatic rings. The minimum atomic E-state index is -3.80. The average Bonchev–Trinajstić information content (AvgIpc) is 2.77. The van der Waals surface area contributed by atoms with Crippen LogP contribution in [-0.4, -0.2) is 44.7 Å². The molecule has 1 saturated heterocycles. The molecule has 1 fully saturated rings. The van der Waals surface area contributed by atoms with Crippen molar-refractivity contribution in [1.82, 2.24) is 9.97 Å². The minimum absolute atomic E-state index is 0.0289. The molecule has 0 saturated carbocycles. The average molecular weight is 494 g/mol. The quantitative estimate of drug-likeness (QED) is 0.522. The zero-order chi connectivity index (χ0) is 22.7. The molecule has 0 spiro atoms. The first-order valence-corrected chi connectivity index (χ1v) is 12.1. The van der Waals surface area contributed by atoms with Crippen LogP contribution in [0.5, 0.6) is 0 Å². The molecule has 0 bridgehead atoms. The van der Waals surface area contributed by atoms with Crippen LogP contribution in [0.25, 0.3) is 0 Å². The van der Waals surface area contributed by atoms with Crippen LogP contribution in [0.3, 0.4) is 0 Å². The molecule has 2 N–H and O–H groups in total. The topological polar surface area (TPSA) is 96.5 Å². The Labute approximate surface area is 196 Å². The summed E-state index contributed by atoms with van der Waals surface area (Å²) in [6, 6.07) is 12.9. The van der Waals surface area contributed by atoms with Crippen molar-refractivity contribution in [3.63, 3.8) is 0 Å². The van der Waals surface area contributed by atoms with Gasteiger partial charge in [0.05, 0.1) is 28.2 Å². The molecule has 0 atom stereocenters. The van der Waals surface area contributed by atoms with Gasteiger partial charge in [0.1, 0.15) is 5.82 Å². The highest BCUT2D eigenvalue weighted by Crippen LogP contribution is 2.27. The highest BCUT2D eigenvalue weighted by Gasteiger charge is 2.17. The highest BCUT2D eigenvalue weighted by atomic mass is 35.5. The zero-order valence-corrected chi connectivity index (χ0v) is 19.5. The number of benzene rings is 2. The van der Waals surface area contributed by atoms with E-state index in [1.54, 1.807) is 24.3 Å². The van der Waals surface area contributed by atoms with Crippen LogP contribution in [0.15, 0.2) is 53.4 Å². The molecule has 8 nitrogen and oxygen atoms in total.